The minimum absolute atomic E-state index is 0.0350. The molecule has 1 aromatic carbocycles. The van der Waals surface area contributed by atoms with Crippen molar-refractivity contribution < 1.29 is 4.79 Å². The zero-order valence-electron chi connectivity index (χ0n) is 12.1. The van der Waals surface area contributed by atoms with Crippen LogP contribution >= 0.6 is 27.3 Å². The van der Waals surface area contributed by atoms with Gasteiger partial charge in [-0.15, -0.1) is 10.2 Å². The molecule has 22 heavy (non-hydrogen) atoms. The lowest BCUT2D eigenvalue weighted by atomic mass is 10.2. The highest BCUT2D eigenvalue weighted by Gasteiger charge is 2.11. The van der Waals surface area contributed by atoms with Crippen LogP contribution in [0.4, 0.5) is 5.69 Å². The molecule has 6 nitrogen and oxygen atoms in total. The fourth-order valence-corrected chi connectivity index (χ4v) is 3.48. The molecule has 0 spiro atoms. The number of aryl methyl sites for hydroxylation is 3. The summed E-state index contributed by atoms with van der Waals surface area (Å²) in [7, 11) is 0. The first-order chi connectivity index (χ1) is 10.5. The number of amides is 1. The number of aromatic nitrogens is 4. The maximum atomic E-state index is 12.1. The van der Waals surface area contributed by atoms with Gasteiger partial charge in [-0.2, -0.15) is 9.61 Å². The van der Waals surface area contributed by atoms with E-state index in [-0.39, 0.29) is 5.91 Å². The molecule has 8 heteroatoms. The predicted octanol–water partition coefficient (Wildman–Crippen LogP) is 3.14. The summed E-state index contributed by atoms with van der Waals surface area (Å²) in [5, 5.41) is 16.1. The largest absolute Gasteiger partial charge is 0.325 e. The van der Waals surface area contributed by atoms with Crippen LogP contribution in [-0.2, 0) is 11.2 Å². The van der Waals surface area contributed by atoms with Crippen LogP contribution in [0.1, 0.15) is 22.8 Å². The molecule has 0 unspecified atom stereocenters. The molecule has 0 aliphatic rings. The van der Waals surface area contributed by atoms with Crippen molar-refractivity contribution in [3.05, 3.63) is 39.1 Å². The molecule has 1 amide bonds. The standard InChI is InChI=1S/C14H14BrN5OS/c1-8-3-4-11(10(15)7-8)16-12(21)5-6-13-19-20-9(2)17-18-14(20)22-13/h3-4,7H,5-6H2,1-2H3,(H,16,21). The van der Waals surface area contributed by atoms with E-state index in [2.05, 4.69) is 36.5 Å². The molecule has 0 radical (unpaired) electrons. The van der Waals surface area contributed by atoms with Crippen LogP contribution in [0.2, 0.25) is 0 Å². The summed E-state index contributed by atoms with van der Waals surface area (Å²) in [6.07, 6.45) is 0.965. The molecule has 0 atom stereocenters. The first-order valence-electron chi connectivity index (χ1n) is 6.76. The number of carbonyl (C=O) groups excluding carboxylic acids is 1. The first-order valence-corrected chi connectivity index (χ1v) is 8.37. The van der Waals surface area contributed by atoms with Gasteiger partial charge in [0.25, 0.3) is 0 Å². The highest BCUT2D eigenvalue weighted by molar-refractivity contribution is 9.10. The second kappa shape index (κ2) is 6.13. The summed E-state index contributed by atoms with van der Waals surface area (Å²) in [6.45, 7) is 3.86. The van der Waals surface area contributed by atoms with Crippen LogP contribution in [0.25, 0.3) is 4.96 Å². The van der Waals surface area contributed by atoms with Gasteiger partial charge in [0.05, 0.1) is 5.69 Å². The lowest BCUT2D eigenvalue weighted by Gasteiger charge is -2.07. The first kappa shape index (κ1) is 15.1. The molecular weight excluding hydrogens is 366 g/mol. The molecule has 3 aromatic rings. The number of carbonyl (C=O) groups is 1. The van der Waals surface area contributed by atoms with Gasteiger partial charge in [-0.05, 0) is 47.5 Å². The van der Waals surface area contributed by atoms with Gasteiger partial charge in [-0.25, -0.2) is 0 Å². The number of anilines is 1. The Kier molecular flexibility index (Phi) is 4.21. The van der Waals surface area contributed by atoms with E-state index in [4.69, 9.17) is 0 Å². The monoisotopic (exact) mass is 379 g/mol. The maximum absolute atomic E-state index is 12.1. The molecule has 2 aromatic heterocycles. The van der Waals surface area contributed by atoms with E-state index in [1.165, 1.54) is 11.3 Å². The van der Waals surface area contributed by atoms with Crippen LogP contribution in [0, 0.1) is 13.8 Å². The number of hydrogen-bond acceptors (Lipinski definition) is 5. The smallest absolute Gasteiger partial charge is 0.234 e. The highest BCUT2D eigenvalue weighted by Crippen LogP contribution is 2.23. The maximum Gasteiger partial charge on any atom is 0.234 e. The van der Waals surface area contributed by atoms with Crippen molar-refractivity contribution in [2.45, 2.75) is 26.7 Å². The molecule has 0 bridgehead atoms. The minimum atomic E-state index is -0.0350. The van der Waals surface area contributed by atoms with Gasteiger partial charge in [0.1, 0.15) is 5.01 Å². The van der Waals surface area contributed by atoms with Gasteiger partial charge in [0.2, 0.25) is 10.9 Å². The third kappa shape index (κ3) is 3.17. The Morgan fingerprint density at radius 1 is 1.36 bits per heavy atom. The Hall–Kier alpha value is -1.80. The second-order valence-corrected chi connectivity index (χ2v) is 6.86. The molecule has 0 aliphatic carbocycles. The number of hydrogen-bond donors (Lipinski definition) is 1. The van der Waals surface area contributed by atoms with Crippen LogP contribution < -0.4 is 5.32 Å². The minimum Gasteiger partial charge on any atom is -0.325 e. The summed E-state index contributed by atoms with van der Waals surface area (Å²) in [5.41, 5.74) is 1.92. The van der Waals surface area contributed by atoms with E-state index in [0.29, 0.717) is 12.8 Å². The molecule has 0 aliphatic heterocycles. The van der Waals surface area contributed by atoms with Crippen LogP contribution in [-0.4, -0.2) is 25.7 Å². The molecule has 1 N–H and O–H groups in total. The quantitative estimate of drug-likeness (QED) is 0.755. The third-order valence-corrected chi connectivity index (χ3v) is 4.77. The van der Waals surface area contributed by atoms with E-state index >= 15 is 0 Å². The van der Waals surface area contributed by atoms with Gasteiger partial charge in [0.15, 0.2) is 5.82 Å². The van der Waals surface area contributed by atoms with Crippen molar-refractivity contribution in [3.8, 4) is 0 Å². The summed E-state index contributed by atoms with van der Waals surface area (Å²) >= 11 is 4.91. The Morgan fingerprint density at radius 2 is 2.18 bits per heavy atom. The summed E-state index contributed by atoms with van der Waals surface area (Å²) in [5.74, 6) is 0.720. The van der Waals surface area contributed by atoms with Gasteiger partial charge in [-0.1, -0.05) is 17.4 Å². The van der Waals surface area contributed by atoms with E-state index < -0.39 is 0 Å². The van der Waals surface area contributed by atoms with Gasteiger partial charge >= 0.3 is 0 Å². The molecule has 0 fully saturated rings. The highest BCUT2D eigenvalue weighted by atomic mass is 79.9. The van der Waals surface area contributed by atoms with E-state index in [0.717, 1.165) is 31.5 Å². The van der Waals surface area contributed by atoms with Crippen LogP contribution in [0.3, 0.4) is 0 Å². The lowest BCUT2D eigenvalue weighted by Crippen LogP contribution is -2.12. The van der Waals surface area contributed by atoms with Gasteiger partial charge in [-0.3, -0.25) is 4.79 Å². The normalized spacial score (nSPS) is 11.0. The van der Waals surface area contributed by atoms with Crippen molar-refractivity contribution in [1.29, 1.82) is 0 Å². The average molecular weight is 380 g/mol. The summed E-state index contributed by atoms with van der Waals surface area (Å²) < 4.78 is 2.59. The van der Waals surface area contributed by atoms with Crippen molar-refractivity contribution in [3.63, 3.8) is 0 Å². The van der Waals surface area contributed by atoms with Crippen molar-refractivity contribution in [1.82, 2.24) is 19.8 Å². The van der Waals surface area contributed by atoms with Crippen molar-refractivity contribution >= 4 is 43.8 Å². The summed E-state index contributed by atoms with van der Waals surface area (Å²) in [4.78, 5) is 12.8. The number of nitrogens with one attached hydrogen (secondary N) is 1. The number of fused-ring (bicyclic) bond motifs is 1. The Balaban J connectivity index is 1.62. The van der Waals surface area contributed by atoms with Gasteiger partial charge < -0.3 is 5.32 Å². The third-order valence-electron chi connectivity index (χ3n) is 3.15. The van der Waals surface area contributed by atoms with Gasteiger partial charge in [0, 0.05) is 17.3 Å². The molecular formula is C14H14BrN5OS. The van der Waals surface area contributed by atoms with Crippen LogP contribution in [0.5, 0.6) is 0 Å². The van der Waals surface area contributed by atoms with Crippen molar-refractivity contribution in [2.75, 3.05) is 5.32 Å². The molecule has 0 saturated carbocycles. The zero-order chi connectivity index (χ0) is 15.7. The molecule has 0 saturated heterocycles. The zero-order valence-corrected chi connectivity index (χ0v) is 14.5. The molecule has 3 rings (SSSR count). The SMILES string of the molecule is Cc1ccc(NC(=O)CCc2nn3c(C)nnc3s2)c(Br)c1. The topological polar surface area (TPSA) is 72.2 Å². The molecule has 2 heterocycles. The summed E-state index contributed by atoms with van der Waals surface area (Å²) in [6, 6.07) is 5.83. The Morgan fingerprint density at radius 3 is 2.91 bits per heavy atom. The fraction of sp³-hybridized carbons (Fsp3) is 0.286. The fourth-order valence-electron chi connectivity index (χ4n) is 2.01. The van der Waals surface area contributed by atoms with Crippen molar-refractivity contribution in [2.24, 2.45) is 0 Å². The number of halogens is 1. The van der Waals surface area contributed by atoms with Crippen LogP contribution in [0.15, 0.2) is 22.7 Å². The van der Waals surface area contributed by atoms with E-state index in [9.17, 15) is 4.79 Å². The number of nitrogens with zero attached hydrogens (tertiary/aromatic N) is 4. The number of benzene rings is 1. The second-order valence-electron chi connectivity index (χ2n) is 4.97. The average Bonchev–Trinajstić information content (AvgIpc) is 3.02. The van der Waals surface area contributed by atoms with E-state index in [1.54, 1.807) is 4.52 Å². The number of rotatable bonds is 4. The Labute approximate surface area is 139 Å². The lowest BCUT2D eigenvalue weighted by molar-refractivity contribution is -0.116. The Bertz CT molecular complexity index is 841. The van der Waals surface area contributed by atoms with E-state index in [1.807, 2.05) is 32.0 Å². The molecule has 114 valence electrons. The predicted molar refractivity (Wildman–Crippen MR) is 89.2 cm³/mol.